The zero-order chi connectivity index (χ0) is 14.1. The molecule has 0 saturated carbocycles. The number of nitrogens with zero attached hydrogens (tertiary/aromatic N) is 2. The third kappa shape index (κ3) is 4.76. The second-order valence-electron chi connectivity index (χ2n) is 3.17. The predicted molar refractivity (Wildman–Crippen MR) is 69.3 cm³/mol. The maximum Gasteiger partial charge on any atom is 0.336 e. The van der Waals surface area contributed by atoms with Crippen molar-refractivity contribution in [3.8, 4) is 0 Å². The highest BCUT2D eigenvalue weighted by Gasteiger charge is 2.10. The van der Waals surface area contributed by atoms with Gasteiger partial charge in [-0.3, -0.25) is 4.98 Å². The van der Waals surface area contributed by atoms with Crippen LogP contribution in [0.1, 0.15) is 10.4 Å². The molecular formula is C12H10N2O4S. The fourth-order valence-corrected chi connectivity index (χ4v) is 2.18. The zero-order valence-electron chi connectivity index (χ0n) is 9.63. The quantitative estimate of drug-likeness (QED) is 0.661. The Balaban J connectivity index is 0.000000550. The number of carboxylic acid groups (broad SMARTS) is 1. The fraction of sp³-hybridized carbons (Fsp3) is 0. The molecule has 7 heteroatoms. The summed E-state index contributed by atoms with van der Waals surface area (Å²) in [4.78, 5) is 24.7. The summed E-state index contributed by atoms with van der Waals surface area (Å²) in [6.07, 6.45) is 3.06. The highest BCUT2D eigenvalue weighted by molar-refractivity contribution is 7.99. The van der Waals surface area contributed by atoms with Crippen molar-refractivity contribution in [3.05, 3.63) is 59.3 Å². The number of hydrogen-bond acceptors (Lipinski definition) is 5. The minimum absolute atomic E-state index is 0.281. The number of pyridine rings is 1. The third-order valence-corrected chi connectivity index (χ3v) is 3.04. The molecule has 2 rings (SSSR count). The summed E-state index contributed by atoms with van der Waals surface area (Å²) >= 11 is 1.40. The normalized spacial score (nSPS) is 9.05. The maximum atomic E-state index is 11.0. The summed E-state index contributed by atoms with van der Waals surface area (Å²) in [5.74, 6) is -0.930. The molecule has 0 amide bonds. The van der Waals surface area contributed by atoms with Crippen molar-refractivity contribution < 1.29 is 15.1 Å². The van der Waals surface area contributed by atoms with E-state index in [1.54, 1.807) is 6.20 Å². The van der Waals surface area contributed by atoms with Gasteiger partial charge in [-0.25, -0.2) is 4.79 Å². The molecule has 0 aliphatic carbocycles. The third-order valence-electron chi connectivity index (χ3n) is 1.99. The topological polar surface area (TPSA) is 99.8 Å². The van der Waals surface area contributed by atoms with Gasteiger partial charge in [0.1, 0.15) is 0 Å². The zero-order valence-corrected chi connectivity index (χ0v) is 10.4. The Kier molecular flexibility index (Phi) is 6.04. The summed E-state index contributed by atoms with van der Waals surface area (Å²) < 4.78 is 0. The molecule has 6 nitrogen and oxygen atoms in total. The van der Waals surface area contributed by atoms with Crippen molar-refractivity contribution in [1.29, 1.82) is 0 Å². The average molecular weight is 278 g/mol. The van der Waals surface area contributed by atoms with Crippen LogP contribution in [0.4, 0.5) is 0 Å². The van der Waals surface area contributed by atoms with Gasteiger partial charge in [0.05, 0.1) is 5.56 Å². The van der Waals surface area contributed by atoms with E-state index in [1.165, 1.54) is 29.4 Å². The highest BCUT2D eigenvalue weighted by Crippen LogP contribution is 2.29. The van der Waals surface area contributed by atoms with Crippen LogP contribution in [0.2, 0.25) is 0 Å². The molecule has 0 saturated heterocycles. The first-order chi connectivity index (χ1) is 9.19. The molecule has 0 aliphatic rings. The first kappa shape index (κ1) is 14.7. The van der Waals surface area contributed by atoms with Gasteiger partial charge in [-0.05, 0) is 18.2 Å². The van der Waals surface area contributed by atoms with Crippen molar-refractivity contribution in [1.82, 2.24) is 4.98 Å². The first-order valence-corrected chi connectivity index (χ1v) is 5.87. The molecule has 2 N–H and O–H groups in total. The minimum Gasteiger partial charge on any atom is -0.478 e. The van der Waals surface area contributed by atoms with Gasteiger partial charge >= 0.3 is 5.97 Å². The molecule has 0 fully saturated rings. The van der Waals surface area contributed by atoms with Crippen LogP contribution in [0.3, 0.4) is 0 Å². The summed E-state index contributed by atoms with van der Waals surface area (Å²) in [7, 11) is 0. The van der Waals surface area contributed by atoms with Gasteiger partial charge in [-0.1, -0.05) is 30.0 Å². The number of carbonyl (C=O) groups is 1. The largest absolute Gasteiger partial charge is 0.478 e. The smallest absolute Gasteiger partial charge is 0.336 e. The molecule has 0 bridgehead atoms. The second-order valence-corrected chi connectivity index (χ2v) is 4.29. The van der Waals surface area contributed by atoms with E-state index in [2.05, 4.69) is 4.98 Å². The minimum atomic E-state index is -0.930. The molecule has 1 aromatic carbocycles. The fourth-order valence-electron chi connectivity index (χ4n) is 1.25. The molecule has 98 valence electrons. The van der Waals surface area contributed by atoms with Crippen molar-refractivity contribution in [2.75, 3.05) is 0 Å². The second kappa shape index (κ2) is 7.83. The van der Waals surface area contributed by atoms with Crippen LogP contribution in [0.5, 0.6) is 0 Å². The van der Waals surface area contributed by atoms with Crippen LogP contribution in [0.15, 0.2) is 63.9 Å². The van der Waals surface area contributed by atoms with Crippen LogP contribution in [0, 0.1) is 4.91 Å². The van der Waals surface area contributed by atoms with Gasteiger partial charge < -0.3 is 10.3 Å². The lowest BCUT2D eigenvalue weighted by atomic mass is 10.3. The first-order valence-electron chi connectivity index (χ1n) is 5.06. The molecule has 19 heavy (non-hydrogen) atoms. The van der Waals surface area contributed by atoms with Gasteiger partial charge in [0.25, 0.3) is 0 Å². The Hall–Kier alpha value is -2.41. The van der Waals surface area contributed by atoms with E-state index in [0.29, 0.717) is 4.90 Å². The number of aromatic carboxylic acids is 1. The van der Waals surface area contributed by atoms with E-state index in [4.69, 9.17) is 15.2 Å². The number of benzene rings is 1. The molecule has 0 aliphatic heterocycles. The molecule has 0 atom stereocenters. The Morgan fingerprint density at radius 1 is 1.21 bits per heavy atom. The Morgan fingerprint density at radius 2 is 1.84 bits per heavy atom. The summed E-state index contributed by atoms with van der Waals surface area (Å²) in [5, 5.41) is 16.9. The molecule has 0 unspecified atom stereocenters. The molecule has 0 spiro atoms. The van der Waals surface area contributed by atoms with Crippen LogP contribution in [-0.2, 0) is 0 Å². The Labute approximate surface area is 113 Å². The standard InChI is InChI=1S/C12H9NO2S.HNO2/c14-12(15)10-6-7-13-8-11(10)16-9-4-2-1-3-5-9;2-1-3/h1-8H,(H,14,15);(H,2,3). The van der Waals surface area contributed by atoms with Crippen molar-refractivity contribution >= 4 is 17.7 Å². The van der Waals surface area contributed by atoms with E-state index in [0.717, 1.165) is 4.90 Å². The summed E-state index contributed by atoms with van der Waals surface area (Å²) in [5.41, 5.74) is 0.281. The van der Waals surface area contributed by atoms with E-state index < -0.39 is 5.97 Å². The average Bonchev–Trinajstić information content (AvgIpc) is 2.41. The molecule has 1 heterocycles. The molecule has 2 aromatic rings. The Morgan fingerprint density at radius 3 is 2.42 bits per heavy atom. The lowest BCUT2D eigenvalue weighted by Crippen LogP contribution is -1.98. The van der Waals surface area contributed by atoms with Crippen LogP contribution in [-0.4, -0.2) is 21.3 Å². The van der Waals surface area contributed by atoms with Crippen molar-refractivity contribution in [2.24, 2.45) is 5.34 Å². The summed E-state index contributed by atoms with van der Waals surface area (Å²) in [6.45, 7) is 0. The lowest BCUT2D eigenvalue weighted by molar-refractivity contribution is 0.0693. The molecular weight excluding hydrogens is 268 g/mol. The number of carboxylic acids is 1. The number of hydrogen-bond donors (Lipinski definition) is 2. The molecule has 0 radical (unpaired) electrons. The number of rotatable bonds is 3. The van der Waals surface area contributed by atoms with Gasteiger partial charge in [-0.15, -0.1) is 4.91 Å². The maximum absolute atomic E-state index is 11.0. The van der Waals surface area contributed by atoms with Gasteiger partial charge in [0, 0.05) is 22.2 Å². The van der Waals surface area contributed by atoms with Crippen molar-refractivity contribution in [3.63, 3.8) is 0 Å². The summed E-state index contributed by atoms with van der Waals surface area (Å²) in [6, 6.07) is 11.1. The van der Waals surface area contributed by atoms with E-state index >= 15 is 0 Å². The Bertz CT molecular complexity index is 548. The van der Waals surface area contributed by atoms with Crippen LogP contribution in [0.25, 0.3) is 0 Å². The number of aromatic nitrogens is 1. The lowest BCUT2D eigenvalue weighted by Gasteiger charge is -2.04. The highest BCUT2D eigenvalue weighted by atomic mass is 32.2. The molecule has 1 aromatic heterocycles. The van der Waals surface area contributed by atoms with Gasteiger partial charge in [-0.2, -0.15) is 0 Å². The SMILES string of the molecule is O=C(O)c1ccncc1Sc1ccccc1.O=NO. The monoisotopic (exact) mass is 278 g/mol. The van der Waals surface area contributed by atoms with E-state index in [-0.39, 0.29) is 5.56 Å². The van der Waals surface area contributed by atoms with Crippen molar-refractivity contribution in [2.45, 2.75) is 9.79 Å². The van der Waals surface area contributed by atoms with E-state index in [9.17, 15) is 4.79 Å². The van der Waals surface area contributed by atoms with Crippen LogP contribution >= 0.6 is 11.8 Å². The van der Waals surface area contributed by atoms with Gasteiger partial charge in [0.15, 0.2) is 5.34 Å². The predicted octanol–water partition coefficient (Wildman–Crippen LogP) is 3.07. The van der Waals surface area contributed by atoms with Crippen LogP contribution < -0.4 is 0 Å². The van der Waals surface area contributed by atoms with E-state index in [1.807, 2.05) is 30.3 Å². The van der Waals surface area contributed by atoms with Gasteiger partial charge in [0.2, 0.25) is 0 Å².